The summed E-state index contributed by atoms with van der Waals surface area (Å²) in [6, 6.07) is 5.22. The summed E-state index contributed by atoms with van der Waals surface area (Å²) in [6.45, 7) is 0.325. The molecule has 0 fully saturated rings. The number of carboxylic acid groups (broad SMARTS) is 1. The summed E-state index contributed by atoms with van der Waals surface area (Å²) >= 11 is 5.82. The third kappa shape index (κ3) is 4.70. The molecular formula is C10H13Cl2NO3. The Balaban J connectivity index is 0.00000225. The fourth-order valence-corrected chi connectivity index (χ4v) is 1.38. The molecule has 0 saturated carbocycles. The average molecular weight is 266 g/mol. The molecule has 90 valence electrons. The molecule has 0 aliphatic carbocycles. The van der Waals surface area contributed by atoms with Gasteiger partial charge in [0.15, 0.2) is 0 Å². The van der Waals surface area contributed by atoms with Crippen LogP contribution in [0.3, 0.4) is 0 Å². The maximum Gasteiger partial charge on any atom is 0.317 e. The Morgan fingerprint density at radius 2 is 2.25 bits per heavy atom. The van der Waals surface area contributed by atoms with Crippen molar-refractivity contribution in [1.82, 2.24) is 5.32 Å². The van der Waals surface area contributed by atoms with E-state index >= 15 is 0 Å². The Morgan fingerprint density at radius 3 is 2.81 bits per heavy atom. The Bertz CT molecular complexity index is 358. The Kier molecular flexibility index (Phi) is 6.88. The number of hydrogen-bond acceptors (Lipinski definition) is 3. The van der Waals surface area contributed by atoms with Crippen LogP contribution in [0.1, 0.15) is 5.56 Å². The zero-order valence-electron chi connectivity index (χ0n) is 8.70. The molecule has 16 heavy (non-hydrogen) atoms. The molecule has 0 atom stereocenters. The number of methoxy groups -OCH3 is 1. The molecule has 0 saturated heterocycles. The number of hydrogen-bond donors (Lipinski definition) is 2. The molecular weight excluding hydrogens is 253 g/mol. The second-order valence-corrected chi connectivity index (χ2v) is 3.39. The van der Waals surface area contributed by atoms with E-state index in [9.17, 15) is 4.79 Å². The van der Waals surface area contributed by atoms with E-state index in [1.807, 2.05) is 0 Å². The average Bonchev–Trinajstić information content (AvgIpc) is 2.17. The molecule has 1 aromatic rings. The van der Waals surface area contributed by atoms with Gasteiger partial charge >= 0.3 is 5.97 Å². The molecule has 2 N–H and O–H groups in total. The van der Waals surface area contributed by atoms with Gasteiger partial charge in [-0.3, -0.25) is 4.79 Å². The van der Waals surface area contributed by atoms with Crippen LogP contribution in [0.5, 0.6) is 5.75 Å². The van der Waals surface area contributed by atoms with Crippen molar-refractivity contribution >= 4 is 30.0 Å². The normalized spacial score (nSPS) is 9.38. The summed E-state index contributed by atoms with van der Waals surface area (Å²) in [5.74, 6) is -0.201. The van der Waals surface area contributed by atoms with Gasteiger partial charge in [0.25, 0.3) is 0 Å². The number of nitrogens with one attached hydrogen (secondary N) is 1. The fraction of sp³-hybridized carbons (Fsp3) is 0.300. The molecule has 0 aromatic heterocycles. The third-order valence-corrected chi connectivity index (χ3v) is 2.07. The number of rotatable bonds is 5. The Hall–Kier alpha value is -0.970. The van der Waals surface area contributed by atoms with Crippen molar-refractivity contribution in [3.05, 3.63) is 28.8 Å². The lowest BCUT2D eigenvalue weighted by molar-refractivity contribution is -0.135. The van der Waals surface area contributed by atoms with E-state index in [0.717, 1.165) is 5.56 Å². The number of carboxylic acids is 1. The lowest BCUT2D eigenvalue weighted by Crippen LogP contribution is -2.22. The highest BCUT2D eigenvalue weighted by molar-refractivity contribution is 6.30. The minimum atomic E-state index is -0.893. The monoisotopic (exact) mass is 265 g/mol. The van der Waals surface area contributed by atoms with Gasteiger partial charge in [0.05, 0.1) is 13.7 Å². The molecule has 0 aliphatic heterocycles. The van der Waals surface area contributed by atoms with Gasteiger partial charge < -0.3 is 15.2 Å². The van der Waals surface area contributed by atoms with Gasteiger partial charge in [-0.2, -0.15) is 0 Å². The van der Waals surface area contributed by atoms with E-state index in [-0.39, 0.29) is 19.0 Å². The second-order valence-electron chi connectivity index (χ2n) is 2.95. The van der Waals surface area contributed by atoms with E-state index in [1.54, 1.807) is 25.3 Å². The van der Waals surface area contributed by atoms with Crippen LogP contribution in [0.2, 0.25) is 5.02 Å². The number of ether oxygens (including phenoxy) is 1. The van der Waals surface area contributed by atoms with Gasteiger partial charge in [-0.1, -0.05) is 11.6 Å². The predicted molar refractivity (Wildman–Crippen MR) is 64.6 cm³/mol. The van der Waals surface area contributed by atoms with Crippen LogP contribution < -0.4 is 10.1 Å². The smallest absolute Gasteiger partial charge is 0.317 e. The van der Waals surface area contributed by atoms with Gasteiger partial charge in [0.1, 0.15) is 5.75 Å². The van der Waals surface area contributed by atoms with Gasteiger partial charge in [-0.25, -0.2) is 0 Å². The van der Waals surface area contributed by atoms with Gasteiger partial charge in [-0.15, -0.1) is 12.4 Å². The molecule has 0 unspecified atom stereocenters. The molecule has 6 heteroatoms. The SMILES string of the molecule is COc1ccc(Cl)cc1CNCC(=O)O.Cl. The van der Waals surface area contributed by atoms with Crippen LogP contribution >= 0.6 is 24.0 Å². The predicted octanol–water partition coefficient (Wildman–Crippen LogP) is 1.94. The van der Waals surface area contributed by atoms with E-state index in [0.29, 0.717) is 17.3 Å². The second kappa shape index (κ2) is 7.33. The molecule has 0 heterocycles. The minimum Gasteiger partial charge on any atom is -0.496 e. The van der Waals surface area contributed by atoms with Crippen LogP contribution in [0, 0.1) is 0 Å². The highest BCUT2D eigenvalue weighted by Crippen LogP contribution is 2.22. The van der Waals surface area contributed by atoms with Crippen LogP contribution in [0.4, 0.5) is 0 Å². The van der Waals surface area contributed by atoms with E-state index in [1.165, 1.54) is 0 Å². The third-order valence-electron chi connectivity index (χ3n) is 1.83. The van der Waals surface area contributed by atoms with E-state index in [4.69, 9.17) is 21.4 Å². The summed E-state index contributed by atoms with van der Waals surface area (Å²) in [4.78, 5) is 10.3. The molecule has 1 rings (SSSR count). The molecule has 0 amide bonds. The van der Waals surface area contributed by atoms with Crippen molar-refractivity contribution in [2.45, 2.75) is 6.54 Å². The topological polar surface area (TPSA) is 58.6 Å². The molecule has 0 radical (unpaired) electrons. The maximum atomic E-state index is 10.3. The zero-order valence-corrected chi connectivity index (χ0v) is 10.3. The largest absolute Gasteiger partial charge is 0.496 e. The van der Waals surface area contributed by atoms with Crippen molar-refractivity contribution < 1.29 is 14.6 Å². The first kappa shape index (κ1) is 15.0. The lowest BCUT2D eigenvalue weighted by Gasteiger charge is -2.08. The summed E-state index contributed by atoms with van der Waals surface area (Å²) in [6.07, 6.45) is 0. The fourth-order valence-electron chi connectivity index (χ4n) is 1.19. The van der Waals surface area contributed by atoms with Crippen molar-refractivity contribution in [1.29, 1.82) is 0 Å². The van der Waals surface area contributed by atoms with E-state index in [2.05, 4.69) is 5.32 Å². The number of benzene rings is 1. The zero-order chi connectivity index (χ0) is 11.3. The molecule has 4 nitrogen and oxygen atoms in total. The quantitative estimate of drug-likeness (QED) is 0.855. The summed E-state index contributed by atoms with van der Waals surface area (Å²) < 4.78 is 5.11. The first-order chi connectivity index (χ1) is 7.13. The van der Waals surface area contributed by atoms with E-state index < -0.39 is 5.97 Å². The summed E-state index contributed by atoms with van der Waals surface area (Å²) in [5.41, 5.74) is 0.839. The van der Waals surface area contributed by atoms with Crippen LogP contribution in [-0.4, -0.2) is 24.7 Å². The van der Waals surface area contributed by atoms with Crippen molar-refractivity contribution in [3.63, 3.8) is 0 Å². The maximum absolute atomic E-state index is 10.3. The molecule has 0 aliphatic rings. The minimum absolute atomic E-state index is 0. The molecule has 0 spiro atoms. The standard InChI is InChI=1S/C10H12ClNO3.ClH/c1-15-9-3-2-8(11)4-7(9)5-12-6-10(13)14;/h2-4,12H,5-6H2,1H3,(H,13,14);1H. The lowest BCUT2D eigenvalue weighted by atomic mass is 10.2. The number of halogens is 2. The highest BCUT2D eigenvalue weighted by Gasteiger charge is 2.04. The summed E-state index contributed by atoms with van der Waals surface area (Å²) in [7, 11) is 1.56. The Labute approximate surface area is 105 Å². The number of carbonyl (C=O) groups is 1. The Morgan fingerprint density at radius 1 is 1.56 bits per heavy atom. The van der Waals surface area contributed by atoms with Crippen molar-refractivity contribution in [2.24, 2.45) is 0 Å². The highest BCUT2D eigenvalue weighted by atomic mass is 35.5. The molecule has 0 bridgehead atoms. The van der Waals surface area contributed by atoms with Crippen LogP contribution in [0.25, 0.3) is 0 Å². The first-order valence-electron chi connectivity index (χ1n) is 4.38. The molecule has 1 aromatic carbocycles. The van der Waals surface area contributed by atoms with Gasteiger partial charge in [0, 0.05) is 17.1 Å². The summed E-state index contributed by atoms with van der Waals surface area (Å²) in [5, 5.41) is 11.8. The van der Waals surface area contributed by atoms with Gasteiger partial charge in [-0.05, 0) is 18.2 Å². The van der Waals surface area contributed by atoms with Crippen molar-refractivity contribution in [3.8, 4) is 5.75 Å². The first-order valence-corrected chi connectivity index (χ1v) is 4.76. The van der Waals surface area contributed by atoms with Crippen LogP contribution in [0.15, 0.2) is 18.2 Å². The van der Waals surface area contributed by atoms with Crippen LogP contribution in [-0.2, 0) is 11.3 Å². The van der Waals surface area contributed by atoms with Gasteiger partial charge in [0.2, 0.25) is 0 Å². The van der Waals surface area contributed by atoms with Crippen molar-refractivity contribution in [2.75, 3.05) is 13.7 Å². The number of aliphatic carboxylic acids is 1.